The Kier molecular flexibility index (Phi) is 4.37. The Morgan fingerprint density at radius 3 is 2.58 bits per heavy atom. The van der Waals surface area contributed by atoms with E-state index in [-0.39, 0.29) is 11.5 Å². The quantitative estimate of drug-likeness (QED) is 0.889. The Balaban J connectivity index is 1.97. The number of anilines is 1. The highest BCUT2D eigenvalue weighted by atomic mass is 16.5. The summed E-state index contributed by atoms with van der Waals surface area (Å²) in [6.45, 7) is 9.91. The molecule has 1 aromatic rings. The Hall–Kier alpha value is -1.20. The average molecular weight is 264 g/mol. The van der Waals surface area contributed by atoms with Gasteiger partial charge < -0.3 is 15.0 Å². The van der Waals surface area contributed by atoms with E-state index in [0.29, 0.717) is 0 Å². The van der Waals surface area contributed by atoms with Crippen molar-refractivity contribution in [1.29, 1.82) is 0 Å². The van der Waals surface area contributed by atoms with E-state index in [0.717, 1.165) is 37.8 Å². The van der Waals surface area contributed by atoms with Gasteiger partial charge in [0, 0.05) is 39.1 Å². The molecule has 2 rings (SSSR count). The Labute approximate surface area is 115 Å². The lowest BCUT2D eigenvalue weighted by Gasteiger charge is -2.28. The largest absolute Gasteiger partial charge is 0.374 e. The molecule has 19 heavy (non-hydrogen) atoms. The van der Waals surface area contributed by atoms with Crippen LogP contribution in [0.25, 0.3) is 0 Å². The third kappa shape index (κ3) is 3.88. The van der Waals surface area contributed by atoms with Crippen LogP contribution in [0.4, 0.5) is 5.95 Å². The van der Waals surface area contributed by atoms with Crippen molar-refractivity contribution in [3.8, 4) is 0 Å². The Bertz CT molecular complexity index is 393. The number of morpholine rings is 1. The number of hydrogen-bond acceptors (Lipinski definition) is 5. The van der Waals surface area contributed by atoms with Gasteiger partial charge in [-0.25, -0.2) is 9.97 Å². The molecule has 106 valence electrons. The van der Waals surface area contributed by atoms with Crippen LogP contribution in [0.2, 0.25) is 0 Å². The zero-order valence-electron chi connectivity index (χ0n) is 12.3. The first-order valence-electron chi connectivity index (χ1n) is 6.83. The molecule has 0 saturated carbocycles. The van der Waals surface area contributed by atoms with Crippen LogP contribution in [0.5, 0.6) is 0 Å². The smallest absolute Gasteiger partial charge is 0.225 e. The minimum Gasteiger partial charge on any atom is -0.374 e. The minimum absolute atomic E-state index is 0.0908. The van der Waals surface area contributed by atoms with E-state index in [1.807, 2.05) is 24.3 Å². The van der Waals surface area contributed by atoms with Crippen LogP contribution >= 0.6 is 0 Å². The molecule has 1 unspecified atom stereocenters. The lowest BCUT2D eigenvalue weighted by Crippen LogP contribution is -2.44. The standard InChI is InChI=1S/C14H24N4O/c1-14(2,3)11-7-16-13(17-8-11)18(4)10-12-9-15-5-6-19-12/h7-8,12,15H,5-6,9-10H2,1-4H3. The molecule has 0 amide bonds. The van der Waals surface area contributed by atoms with Crippen molar-refractivity contribution in [2.45, 2.75) is 32.3 Å². The van der Waals surface area contributed by atoms with Crippen LogP contribution in [0.1, 0.15) is 26.3 Å². The summed E-state index contributed by atoms with van der Waals surface area (Å²) in [5, 5.41) is 3.33. The van der Waals surface area contributed by atoms with Gasteiger partial charge in [-0.05, 0) is 11.0 Å². The summed E-state index contributed by atoms with van der Waals surface area (Å²) in [6.07, 6.45) is 4.04. The molecular weight excluding hydrogens is 240 g/mol. The number of rotatable bonds is 3. The van der Waals surface area contributed by atoms with Gasteiger partial charge >= 0.3 is 0 Å². The molecular formula is C14H24N4O. The highest BCUT2D eigenvalue weighted by Gasteiger charge is 2.18. The van der Waals surface area contributed by atoms with Crippen LogP contribution in [0.15, 0.2) is 12.4 Å². The van der Waals surface area contributed by atoms with Crippen molar-refractivity contribution in [2.24, 2.45) is 0 Å². The zero-order chi connectivity index (χ0) is 13.9. The maximum Gasteiger partial charge on any atom is 0.225 e. The van der Waals surface area contributed by atoms with Crippen LogP contribution < -0.4 is 10.2 Å². The first-order valence-corrected chi connectivity index (χ1v) is 6.83. The monoisotopic (exact) mass is 264 g/mol. The predicted molar refractivity (Wildman–Crippen MR) is 76.6 cm³/mol. The summed E-state index contributed by atoms with van der Waals surface area (Å²) < 4.78 is 5.69. The van der Waals surface area contributed by atoms with Crippen molar-refractivity contribution in [3.63, 3.8) is 0 Å². The lowest BCUT2D eigenvalue weighted by molar-refractivity contribution is 0.0338. The second kappa shape index (κ2) is 5.84. The highest BCUT2D eigenvalue weighted by Crippen LogP contribution is 2.21. The fourth-order valence-electron chi connectivity index (χ4n) is 2.03. The van der Waals surface area contributed by atoms with Gasteiger partial charge in [0.25, 0.3) is 0 Å². The molecule has 1 aliphatic heterocycles. The van der Waals surface area contributed by atoms with Crippen molar-refractivity contribution in [2.75, 3.05) is 38.2 Å². The molecule has 0 aromatic carbocycles. The summed E-state index contributed by atoms with van der Waals surface area (Å²) in [4.78, 5) is 10.9. The first-order chi connectivity index (χ1) is 8.97. The second-order valence-corrected chi connectivity index (χ2v) is 6.10. The number of aromatic nitrogens is 2. The molecule has 1 aliphatic rings. The van der Waals surface area contributed by atoms with E-state index in [1.165, 1.54) is 0 Å². The Morgan fingerprint density at radius 2 is 2.05 bits per heavy atom. The molecule has 0 spiro atoms. The van der Waals surface area contributed by atoms with Gasteiger partial charge in [-0.1, -0.05) is 20.8 Å². The second-order valence-electron chi connectivity index (χ2n) is 6.10. The summed E-state index contributed by atoms with van der Waals surface area (Å²) in [5.41, 5.74) is 1.24. The first kappa shape index (κ1) is 14.2. The summed E-state index contributed by atoms with van der Waals surface area (Å²) in [5.74, 6) is 0.752. The van der Waals surface area contributed by atoms with Crippen molar-refractivity contribution < 1.29 is 4.74 Å². The normalized spacial score (nSPS) is 20.3. The van der Waals surface area contributed by atoms with E-state index >= 15 is 0 Å². The molecule has 5 nitrogen and oxygen atoms in total. The van der Waals surface area contributed by atoms with Gasteiger partial charge in [-0.15, -0.1) is 0 Å². The number of hydrogen-bond donors (Lipinski definition) is 1. The fourth-order valence-corrected chi connectivity index (χ4v) is 2.03. The van der Waals surface area contributed by atoms with E-state index in [2.05, 4.69) is 36.1 Å². The average Bonchev–Trinajstić information content (AvgIpc) is 2.39. The summed E-state index contributed by atoms with van der Waals surface area (Å²) in [6, 6.07) is 0. The molecule has 0 bridgehead atoms. The van der Waals surface area contributed by atoms with E-state index in [9.17, 15) is 0 Å². The molecule has 0 aliphatic carbocycles. The molecule has 1 saturated heterocycles. The third-order valence-corrected chi connectivity index (χ3v) is 3.33. The molecule has 1 atom stereocenters. The Morgan fingerprint density at radius 1 is 1.37 bits per heavy atom. The van der Waals surface area contributed by atoms with Gasteiger partial charge in [-0.2, -0.15) is 0 Å². The maximum absolute atomic E-state index is 5.69. The number of nitrogens with zero attached hydrogens (tertiary/aromatic N) is 3. The van der Waals surface area contributed by atoms with Crippen LogP contribution in [-0.2, 0) is 10.2 Å². The van der Waals surface area contributed by atoms with Gasteiger partial charge in [0.15, 0.2) is 0 Å². The topological polar surface area (TPSA) is 50.3 Å². The molecule has 2 heterocycles. The van der Waals surface area contributed by atoms with Gasteiger partial charge in [0.2, 0.25) is 5.95 Å². The van der Waals surface area contributed by atoms with Crippen molar-refractivity contribution in [3.05, 3.63) is 18.0 Å². The van der Waals surface area contributed by atoms with Crippen LogP contribution in [0, 0.1) is 0 Å². The van der Waals surface area contributed by atoms with Gasteiger partial charge in [0.1, 0.15) is 0 Å². The molecule has 0 radical (unpaired) electrons. The van der Waals surface area contributed by atoms with Crippen molar-refractivity contribution in [1.82, 2.24) is 15.3 Å². The van der Waals surface area contributed by atoms with E-state index in [4.69, 9.17) is 4.74 Å². The molecule has 1 fully saturated rings. The van der Waals surface area contributed by atoms with Crippen molar-refractivity contribution >= 4 is 5.95 Å². The number of nitrogens with one attached hydrogen (secondary N) is 1. The van der Waals surface area contributed by atoms with Crippen LogP contribution in [0.3, 0.4) is 0 Å². The van der Waals surface area contributed by atoms with Crippen LogP contribution in [-0.4, -0.2) is 49.4 Å². The summed E-state index contributed by atoms with van der Waals surface area (Å²) in [7, 11) is 2.00. The fraction of sp³-hybridized carbons (Fsp3) is 0.714. The maximum atomic E-state index is 5.69. The van der Waals surface area contributed by atoms with E-state index in [1.54, 1.807) is 0 Å². The molecule has 1 aromatic heterocycles. The molecule has 5 heteroatoms. The zero-order valence-corrected chi connectivity index (χ0v) is 12.3. The van der Waals surface area contributed by atoms with Gasteiger partial charge in [-0.3, -0.25) is 0 Å². The SMILES string of the molecule is CN(CC1CNCCO1)c1ncc(C(C)(C)C)cn1. The predicted octanol–water partition coefficient (Wildman–Crippen LogP) is 1.20. The van der Waals surface area contributed by atoms with Gasteiger partial charge in [0.05, 0.1) is 12.7 Å². The lowest BCUT2D eigenvalue weighted by atomic mass is 9.89. The summed E-state index contributed by atoms with van der Waals surface area (Å²) >= 11 is 0. The number of ether oxygens (including phenoxy) is 1. The third-order valence-electron chi connectivity index (χ3n) is 3.33. The molecule has 1 N–H and O–H groups in total. The number of likely N-dealkylation sites (N-methyl/N-ethyl adjacent to an activating group) is 1. The van der Waals surface area contributed by atoms with E-state index < -0.39 is 0 Å². The minimum atomic E-state index is 0.0908. The highest BCUT2D eigenvalue weighted by molar-refractivity contribution is 5.30.